The smallest absolute Gasteiger partial charge is 0.118 e. The molecule has 0 bridgehead atoms. The summed E-state index contributed by atoms with van der Waals surface area (Å²) in [6, 6.07) is 29.8. The number of aryl methyl sites for hydroxylation is 2. The molecule has 4 aromatic rings. The van der Waals surface area contributed by atoms with E-state index >= 15 is 0 Å². The van der Waals surface area contributed by atoms with E-state index in [1.165, 1.54) is 22.3 Å². The van der Waals surface area contributed by atoms with Crippen molar-refractivity contribution in [1.82, 2.24) is 0 Å². The Bertz CT molecular complexity index is 1230. The molecule has 0 fully saturated rings. The van der Waals surface area contributed by atoms with Gasteiger partial charge in [0.2, 0.25) is 0 Å². The molecule has 0 saturated heterocycles. The summed E-state index contributed by atoms with van der Waals surface area (Å²) in [5.41, 5.74) is 8.92. The molecular weight excluding hydrogens is 416 g/mol. The number of phenolic OH excluding ortho intramolecular Hbond substituents is 2. The second-order valence-electron chi connectivity index (χ2n) is 9.43. The minimum Gasteiger partial charge on any atom is -0.508 e. The van der Waals surface area contributed by atoms with Gasteiger partial charge >= 0.3 is 0 Å². The highest BCUT2D eigenvalue weighted by Gasteiger charge is 2.44. The first-order valence-corrected chi connectivity index (χ1v) is 12.4. The summed E-state index contributed by atoms with van der Waals surface area (Å²) in [6.07, 6.45) is 4.49. The third-order valence-corrected chi connectivity index (χ3v) is 7.29. The Hall–Kier alpha value is -3.52. The second kappa shape index (κ2) is 9.02. The third kappa shape index (κ3) is 3.49. The van der Waals surface area contributed by atoms with Gasteiger partial charge in [-0.2, -0.15) is 0 Å². The van der Waals surface area contributed by atoms with E-state index in [1.807, 2.05) is 12.1 Å². The van der Waals surface area contributed by atoms with E-state index in [0.717, 1.165) is 54.4 Å². The van der Waals surface area contributed by atoms with Crippen LogP contribution in [0.2, 0.25) is 0 Å². The summed E-state index contributed by atoms with van der Waals surface area (Å²) in [5.74, 6) is 0.714. The van der Waals surface area contributed by atoms with Crippen molar-refractivity contribution in [2.24, 2.45) is 0 Å². The van der Waals surface area contributed by atoms with Crippen molar-refractivity contribution in [1.29, 1.82) is 0 Å². The van der Waals surface area contributed by atoms with Gasteiger partial charge in [-0.3, -0.25) is 0 Å². The molecule has 0 atom stereocenters. The van der Waals surface area contributed by atoms with Gasteiger partial charge in [0.1, 0.15) is 11.5 Å². The van der Waals surface area contributed by atoms with Crippen LogP contribution in [0.5, 0.6) is 11.5 Å². The van der Waals surface area contributed by atoms with Crippen LogP contribution in [0.3, 0.4) is 0 Å². The van der Waals surface area contributed by atoms with E-state index in [4.69, 9.17) is 0 Å². The summed E-state index contributed by atoms with van der Waals surface area (Å²) >= 11 is 0. The number of phenols is 2. The molecule has 1 aliphatic rings. The molecule has 2 heteroatoms. The van der Waals surface area contributed by atoms with Crippen molar-refractivity contribution in [2.75, 3.05) is 0 Å². The molecule has 0 aliphatic heterocycles. The minimum absolute atomic E-state index is 0.357. The van der Waals surface area contributed by atoms with Gasteiger partial charge in [0, 0.05) is 0 Å². The molecule has 5 rings (SSSR count). The molecule has 4 aromatic carbocycles. The standard InChI is InChI=1S/C32H32O2/c1-3-9-24-20-26(15-17-30(24)33)32(27-16-18-31(34)25(21-27)10-4-2)28-13-7-5-11-22(28)19-23-12-6-8-14-29(23)32/h5-8,11-18,20-21,33-34H,3-4,9-10,19H2,1-2H3. The predicted molar refractivity (Wildman–Crippen MR) is 139 cm³/mol. The Morgan fingerprint density at radius 3 is 1.50 bits per heavy atom. The molecule has 2 nitrogen and oxygen atoms in total. The van der Waals surface area contributed by atoms with Gasteiger partial charge < -0.3 is 10.2 Å². The monoisotopic (exact) mass is 448 g/mol. The quantitative estimate of drug-likeness (QED) is 0.286. The number of aromatic hydroxyl groups is 2. The number of hydrogen-bond acceptors (Lipinski definition) is 2. The van der Waals surface area contributed by atoms with E-state index in [-0.39, 0.29) is 0 Å². The van der Waals surface area contributed by atoms with E-state index < -0.39 is 5.41 Å². The lowest BCUT2D eigenvalue weighted by atomic mass is 9.59. The van der Waals surface area contributed by atoms with Gasteiger partial charge in [-0.05, 0) is 75.9 Å². The van der Waals surface area contributed by atoms with Crippen molar-refractivity contribution in [3.63, 3.8) is 0 Å². The maximum absolute atomic E-state index is 10.6. The van der Waals surface area contributed by atoms with Gasteiger partial charge in [0.25, 0.3) is 0 Å². The summed E-state index contributed by atoms with van der Waals surface area (Å²) in [6.45, 7) is 4.29. The maximum atomic E-state index is 10.6. The molecule has 2 N–H and O–H groups in total. The van der Waals surface area contributed by atoms with Crippen LogP contribution < -0.4 is 0 Å². The van der Waals surface area contributed by atoms with Crippen molar-refractivity contribution < 1.29 is 10.2 Å². The molecule has 34 heavy (non-hydrogen) atoms. The fraction of sp³-hybridized carbons (Fsp3) is 0.250. The summed E-state index contributed by atoms with van der Waals surface area (Å²) < 4.78 is 0. The van der Waals surface area contributed by atoms with Crippen molar-refractivity contribution in [3.05, 3.63) is 129 Å². The molecule has 1 aliphatic carbocycles. The minimum atomic E-state index is -0.530. The van der Waals surface area contributed by atoms with E-state index in [0.29, 0.717) is 11.5 Å². The first kappa shape index (κ1) is 22.3. The predicted octanol–water partition coefficient (Wildman–Crippen LogP) is 7.29. The fourth-order valence-electron chi connectivity index (χ4n) is 5.80. The van der Waals surface area contributed by atoms with Crippen molar-refractivity contribution >= 4 is 0 Å². The molecule has 0 heterocycles. The van der Waals surface area contributed by atoms with Crippen LogP contribution in [0.15, 0.2) is 84.9 Å². The SMILES string of the molecule is CCCc1cc(C2(c3ccc(O)c(CCC)c3)c3ccccc3Cc3ccccc32)ccc1O. The summed E-state index contributed by atoms with van der Waals surface area (Å²) in [5, 5.41) is 21.3. The van der Waals surface area contributed by atoms with E-state index in [1.54, 1.807) is 0 Å². The molecular formula is C32H32O2. The van der Waals surface area contributed by atoms with Crippen LogP contribution in [-0.2, 0) is 24.7 Å². The van der Waals surface area contributed by atoms with Crippen LogP contribution in [0, 0.1) is 0 Å². The number of benzene rings is 4. The molecule has 0 amide bonds. The van der Waals surface area contributed by atoms with E-state index in [9.17, 15) is 10.2 Å². The molecule has 0 spiro atoms. The van der Waals surface area contributed by atoms with Gasteiger partial charge in [-0.15, -0.1) is 0 Å². The number of rotatable bonds is 6. The largest absolute Gasteiger partial charge is 0.508 e. The first-order valence-electron chi connectivity index (χ1n) is 12.4. The Kier molecular flexibility index (Phi) is 5.91. The molecule has 0 saturated carbocycles. The lowest BCUT2D eigenvalue weighted by molar-refractivity contribution is 0.466. The number of hydrogen-bond donors (Lipinski definition) is 2. The first-order chi connectivity index (χ1) is 16.6. The van der Waals surface area contributed by atoms with E-state index in [2.05, 4.69) is 86.6 Å². The van der Waals surface area contributed by atoms with Crippen LogP contribution in [0.25, 0.3) is 0 Å². The number of fused-ring (bicyclic) bond motifs is 2. The van der Waals surface area contributed by atoms with Crippen LogP contribution in [0.4, 0.5) is 0 Å². The topological polar surface area (TPSA) is 40.5 Å². The lowest BCUT2D eigenvalue weighted by Crippen LogP contribution is -2.36. The van der Waals surface area contributed by atoms with Gasteiger partial charge in [-0.1, -0.05) is 99.5 Å². The molecule has 0 unspecified atom stereocenters. The Morgan fingerprint density at radius 2 is 1.06 bits per heavy atom. The van der Waals surface area contributed by atoms with Crippen LogP contribution in [-0.4, -0.2) is 10.2 Å². The fourth-order valence-corrected chi connectivity index (χ4v) is 5.80. The zero-order chi connectivity index (χ0) is 23.7. The Balaban J connectivity index is 1.91. The second-order valence-corrected chi connectivity index (χ2v) is 9.43. The van der Waals surface area contributed by atoms with Gasteiger partial charge in [0.15, 0.2) is 0 Å². The normalized spacial score (nSPS) is 13.8. The highest BCUT2D eigenvalue weighted by atomic mass is 16.3. The average molecular weight is 449 g/mol. The maximum Gasteiger partial charge on any atom is 0.118 e. The molecule has 0 radical (unpaired) electrons. The summed E-state index contributed by atoms with van der Waals surface area (Å²) in [7, 11) is 0. The zero-order valence-corrected chi connectivity index (χ0v) is 20.0. The molecule has 172 valence electrons. The zero-order valence-electron chi connectivity index (χ0n) is 20.0. The lowest BCUT2D eigenvalue weighted by Gasteiger charge is -2.42. The highest BCUT2D eigenvalue weighted by molar-refractivity contribution is 5.68. The molecule has 0 aromatic heterocycles. The average Bonchev–Trinajstić information content (AvgIpc) is 2.86. The Labute approximate surface area is 202 Å². The van der Waals surface area contributed by atoms with Gasteiger partial charge in [-0.25, -0.2) is 0 Å². The third-order valence-electron chi connectivity index (χ3n) is 7.29. The van der Waals surface area contributed by atoms with Crippen molar-refractivity contribution in [2.45, 2.75) is 51.4 Å². The Morgan fingerprint density at radius 1 is 0.618 bits per heavy atom. The van der Waals surface area contributed by atoms with Gasteiger partial charge in [0.05, 0.1) is 5.41 Å². The van der Waals surface area contributed by atoms with Crippen LogP contribution in [0.1, 0.15) is 71.2 Å². The van der Waals surface area contributed by atoms with Crippen molar-refractivity contribution in [3.8, 4) is 11.5 Å². The highest BCUT2D eigenvalue weighted by Crippen LogP contribution is 2.51. The summed E-state index contributed by atoms with van der Waals surface area (Å²) in [4.78, 5) is 0. The van der Waals surface area contributed by atoms with Crippen LogP contribution >= 0.6 is 0 Å².